The van der Waals surface area contributed by atoms with E-state index >= 15 is 0 Å². The third kappa shape index (κ3) is 5.81. The molecule has 1 saturated heterocycles. The molecule has 5 heteroatoms. The fourth-order valence-electron chi connectivity index (χ4n) is 3.61. The lowest BCUT2D eigenvalue weighted by atomic mass is 10.0. The van der Waals surface area contributed by atoms with E-state index < -0.39 is 0 Å². The number of carbonyl (C=O) groups is 1. The third-order valence-corrected chi connectivity index (χ3v) is 5.58. The number of nitrogens with one attached hydrogen (secondary N) is 1. The minimum absolute atomic E-state index is 0.0991. The maximum Gasteiger partial charge on any atom is 0.220 e. The number of likely N-dealkylation sites (tertiary alicyclic amines) is 1. The Hall–Kier alpha value is -1.85. The van der Waals surface area contributed by atoms with Crippen molar-refractivity contribution in [2.45, 2.75) is 31.7 Å². The molecule has 0 bridgehead atoms. The fourth-order valence-corrected chi connectivity index (χ4v) is 4.06. The van der Waals surface area contributed by atoms with E-state index in [0.29, 0.717) is 13.0 Å². The number of hydrogen-bond acceptors (Lipinski definition) is 3. The lowest BCUT2D eigenvalue weighted by molar-refractivity contribution is -0.121. The Morgan fingerprint density at radius 2 is 1.96 bits per heavy atom. The monoisotopic (exact) mass is 430 g/mol. The topological polar surface area (TPSA) is 41.6 Å². The van der Waals surface area contributed by atoms with E-state index in [1.807, 2.05) is 24.3 Å². The molecule has 1 aliphatic rings. The number of methoxy groups -OCH3 is 1. The molecule has 2 aromatic rings. The molecule has 1 amide bonds. The summed E-state index contributed by atoms with van der Waals surface area (Å²) in [7, 11) is 1.69. The van der Waals surface area contributed by atoms with Crippen LogP contribution in [0.1, 0.15) is 36.4 Å². The first-order chi connectivity index (χ1) is 13.2. The molecule has 1 N–H and O–H groups in total. The van der Waals surface area contributed by atoms with Gasteiger partial charge in [-0.25, -0.2) is 0 Å². The highest BCUT2D eigenvalue weighted by atomic mass is 79.9. The highest BCUT2D eigenvalue weighted by Gasteiger charge is 2.24. The van der Waals surface area contributed by atoms with Gasteiger partial charge < -0.3 is 10.1 Å². The highest BCUT2D eigenvalue weighted by Crippen LogP contribution is 2.27. The maximum atomic E-state index is 12.4. The van der Waals surface area contributed by atoms with E-state index in [9.17, 15) is 4.79 Å². The summed E-state index contributed by atoms with van der Waals surface area (Å²) in [6.07, 6.45) is 3.69. The van der Waals surface area contributed by atoms with Gasteiger partial charge in [0.1, 0.15) is 5.75 Å². The molecule has 0 spiro atoms. The number of rotatable bonds is 8. The Labute approximate surface area is 170 Å². The van der Waals surface area contributed by atoms with Gasteiger partial charge in [-0.3, -0.25) is 9.69 Å². The van der Waals surface area contributed by atoms with Gasteiger partial charge in [-0.1, -0.05) is 40.2 Å². The van der Waals surface area contributed by atoms with Crippen LogP contribution in [0.25, 0.3) is 0 Å². The van der Waals surface area contributed by atoms with Crippen molar-refractivity contribution in [3.63, 3.8) is 0 Å². The molecule has 0 radical (unpaired) electrons. The summed E-state index contributed by atoms with van der Waals surface area (Å²) in [4.78, 5) is 14.9. The predicted molar refractivity (Wildman–Crippen MR) is 112 cm³/mol. The average Bonchev–Trinajstić information content (AvgIpc) is 3.21. The zero-order chi connectivity index (χ0) is 19.1. The first kappa shape index (κ1) is 19.9. The third-order valence-electron chi connectivity index (χ3n) is 5.08. The summed E-state index contributed by atoms with van der Waals surface area (Å²) >= 11 is 3.48. The number of carbonyl (C=O) groups excluding carboxylic acids is 1. The summed E-state index contributed by atoms with van der Waals surface area (Å²) in [5, 5.41) is 3.15. The second-order valence-electron chi connectivity index (χ2n) is 6.97. The lowest BCUT2D eigenvalue weighted by Gasteiger charge is -2.28. The Morgan fingerprint density at radius 1 is 1.19 bits per heavy atom. The summed E-state index contributed by atoms with van der Waals surface area (Å²) in [5.74, 6) is 0.958. The van der Waals surface area contributed by atoms with E-state index in [4.69, 9.17) is 4.74 Å². The van der Waals surface area contributed by atoms with Crippen LogP contribution >= 0.6 is 15.9 Å². The highest BCUT2D eigenvalue weighted by molar-refractivity contribution is 9.10. The van der Waals surface area contributed by atoms with E-state index in [2.05, 4.69) is 50.4 Å². The minimum atomic E-state index is 0.0991. The van der Waals surface area contributed by atoms with Gasteiger partial charge in [-0.15, -0.1) is 0 Å². The van der Waals surface area contributed by atoms with Crippen LogP contribution in [0.3, 0.4) is 0 Å². The summed E-state index contributed by atoms with van der Waals surface area (Å²) in [6.45, 7) is 2.79. The second kappa shape index (κ2) is 9.90. The molecule has 0 aliphatic carbocycles. The molecule has 1 unspecified atom stereocenters. The first-order valence-electron chi connectivity index (χ1n) is 9.55. The first-order valence-corrected chi connectivity index (χ1v) is 10.3. The SMILES string of the molecule is COc1cccc(C(CNC(=O)CCc2cccc(Br)c2)N2CCCC2)c1. The molecule has 4 nitrogen and oxygen atoms in total. The summed E-state index contributed by atoms with van der Waals surface area (Å²) in [6, 6.07) is 16.5. The smallest absolute Gasteiger partial charge is 0.220 e. The Bertz CT molecular complexity index is 759. The number of ether oxygens (including phenoxy) is 1. The number of nitrogens with zero attached hydrogens (tertiary/aromatic N) is 1. The number of benzene rings is 2. The summed E-state index contributed by atoms with van der Waals surface area (Å²) in [5.41, 5.74) is 2.37. The quantitative estimate of drug-likeness (QED) is 0.676. The Balaban J connectivity index is 1.59. The normalized spacial score (nSPS) is 15.5. The molecule has 0 aromatic heterocycles. The fraction of sp³-hybridized carbons (Fsp3) is 0.409. The molecule has 1 atom stereocenters. The maximum absolute atomic E-state index is 12.4. The van der Waals surface area contributed by atoms with Crippen molar-refractivity contribution < 1.29 is 9.53 Å². The Morgan fingerprint density at radius 3 is 2.70 bits per heavy atom. The Kier molecular flexibility index (Phi) is 7.30. The molecule has 1 aliphatic heterocycles. The zero-order valence-corrected chi connectivity index (χ0v) is 17.4. The largest absolute Gasteiger partial charge is 0.497 e. The van der Waals surface area contributed by atoms with Gasteiger partial charge in [0.2, 0.25) is 5.91 Å². The minimum Gasteiger partial charge on any atom is -0.497 e. The van der Waals surface area contributed by atoms with Crippen LogP contribution in [0.2, 0.25) is 0 Å². The molecule has 1 heterocycles. The number of hydrogen-bond donors (Lipinski definition) is 1. The van der Waals surface area contributed by atoms with E-state index in [-0.39, 0.29) is 11.9 Å². The van der Waals surface area contributed by atoms with Crippen LogP contribution in [-0.2, 0) is 11.2 Å². The van der Waals surface area contributed by atoms with Crippen LogP contribution in [0.4, 0.5) is 0 Å². The van der Waals surface area contributed by atoms with Crippen molar-refractivity contribution in [2.24, 2.45) is 0 Å². The van der Waals surface area contributed by atoms with Crippen LogP contribution in [0, 0.1) is 0 Å². The number of halogens is 1. The van der Waals surface area contributed by atoms with Crippen LogP contribution in [0.5, 0.6) is 5.75 Å². The van der Waals surface area contributed by atoms with Crippen molar-refractivity contribution in [2.75, 3.05) is 26.7 Å². The number of amides is 1. The van der Waals surface area contributed by atoms with E-state index in [0.717, 1.165) is 29.7 Å². The van der Waals surface area contributed by atoms with Gasteiger partial charge in [0, 0.05) is 17.4 Å². The van der Waals surface area contributed by atoms with Gasteiger partial charge in [-0.2, -0.15) is 0 Å². The van der Waals surface area contributed by atoms with E-state index in [1.54, 1.807) is 7.11 Å². The summed E-state index contributed by atoms with van der Waals surface area (Å²) < 4.78 is 6.43. The average molecular weight is 431 g/mol. The molecular weight excluding hydrogens is 404 g/mol. The van der Waals surface area contributed by atoms with Crippen molar-refractivity contribution in [3.8, 4) is 5.75 Å². The molecule has 3 rings (SSSR count). The predicted octanol–water partition coefficient (Wildman–Crippen LogP) is 4.34. The standard InChI is InChI=1S/C22H27BrN2O2/c1-27-20-9-5-7-18(15-20)21(25-12-2-3-13-25)16-24-22(26)11-10-17-6-4-8-19(23)14-17/h4-9,14-15,21H,2-3,10-13,16H2,1H3,(H,24,26). The molecule has 1 fully saturated rings. The number of aryl methyl sites for hydroxylation is 1. The van der Waals surface area contributed by atoms with Crippen molar-refractivity contribution in [1.29, 1.82) is 0 Å². The van der Waals surface area contributed by atoms with Crippen LogP contribution < -0.4 is 10.1 Å². The van der Waals surface area contributed by atoms with Crippen LogP contribution in [0.15, 0.2) is 53.0 Å². The van der Waals surface area contributed by atoms with Crippen molar-refractivity contribution in [1.82, 2.24) is 10.2 Å². The van der Waals surface area contributed by atoms with Crippen LogP contribution in [-0.4, -0.2) is 37.6 Å². The van der Waals surface area contributed by atoms with Gasteiger partial charge in [0.15, 0.2) is 0 Å². The second-order valence-corrected chi connectivity index (χ2v) is 7.89. The van der Waals surface area contributed by atoms with Gasteiger partial charge >= 0.3 is 0 Å². The zero-order valence-electron chi connectivity index (χ0n) is 15.8. The molecule has 0 saturated carbocycles. The van der Waals surface area contributed by atoms with Crippen molar-refractivity contribution >= 4 is 21.8 Å². The lowest BCUT2D eigenvalue weighted by Crippen LogP contribution is -2.36. The molecule has 144 valence electrons. The van der Waals surface area contributed by atoms with Gasteiger partial charge in [0.05, 0.1) is 13.2 Å². The van der Waals surface area contributed by atoms with E-state index in [1.165, 1.54) is 24.0 Å². The van der Waals surface area contributed by atoms with Gasteiger partial charge in [0.25, 0.3) is 0 Å². The molecule has 2 aromatic carbocycles. The van der Waals surface area contributed by atoms with Gasteiger partial charge in [-0.05, 0) is 67.7 Å². The molecular formula is C22H27BrN2O2. The van der Waals surface area contributed by atoms with Crippen molar-refractivity contribution in [3.05, 3.63) is 64.1 Å². The molecule has 27 heavy (non-hydrogen) atoms.